The van der Waals surface area contributed by atoms with Crippen LogP contribution >= 0.6 is 0 Å². The molecule has 76 valence electrons. The van der Waals surface area contributed by atoms with Crippen LogP contribution in [0.2, 0.25) is 0 Å². The first-order chi connectivity index (χ1) is 6.75. The molecule has 2 rings (SSSR count). The van der Waals surface area contributed by atoms with Crippen molar-refractivity contribution in [2.24, 2.45) is 0 Å². The van der Waals surface area contributed by atoms with E-state index in [4.69, 9.17) is 5.11 Å². The van der Waals surface area contributed by atoms with Crippen LogP contribution in [-0.2, 0) is 6.54 Å². The lowest BCUT2D eigenvalue weighted by Crippen LogP contribution is -2.43. The van der Waals surface area contributed by atoms with Crippen molar-refractivity contribution in [3.8, 4) is 0 Å². The lowest BCUT2D eigenvalue weighted by atomic mass is 9.89. The molecule has 0 saturated heterocycles. The zero-order chi connectivity index (χ0) is 9.97. The Hall–Kier alpha value is -0.930. The fourth-order valence-corrected chi connectivity index (χ4v) is 1.69. The van der Waals surface area contributed by atoms with E-state index < -0.39 is 0 Å². The number of hydrogen-bond donors (Lipinski definition) is 2. The molecule has 0 unspecified atom stereocenters. The van der Waals surface area contributed by atoms with E-state index in [-0.39, 0.29) is 6.10 Å². The van der Waals surface area contributed by atoms with Gasteiger partial charge >= 0.3 is 0 Å². The van der Waals surface area contributed by atoms with Gasteiger partial charge < -0.3 is 10.4 Å². The summed E-state index contributed by atoms with van der Waals surface area (Å²) in [6.45, 7) is 2.95. The van der Waals surface area contributed by atoms with Crippen LogP contribution in [-0.4, -0.2) is 22.2 Å². The third kappa shape index (κ3) is 2.11. The quantitative estimate of drug-likeness (QED) is 0.751. The highest BCUT2D eigenvalue weighted by Gasteiger charge is 2.26. The van der Waals surface area contributed by atoms with E-state index in [2.05, 4.69) is 17.2 Å². The summed E-state index contributed by atoms with van der Waals surface area (Å²) in [6, 6.07) is 2.51. The average molecular weight is 192 g/mol. The molecule has 1 aromatic heterocycles. The van der Waals surface area contributed by atoms with Gasteiger partial charge in [0.05, 0.1) is 6.10 Å². The van der Waals surface area contributed by atoms with Gasteiger partial charge in [0.15, 0.2) is 0 Å². The fourth-order valence-electron chi connectivity index (χ4n) is 1.69. The molecule has 14 heavy (non-hydrogen) atoms. The van der Waals surface area contributed by atoms with Gasteiger partial charge in [-0.3, -0.25) is 4.98 Å². The number of aryl methyl sites for hydroxylation is 1. The normalized spacial score (nSPS) is 25.9. The molecule has 3 nitrogen and oxygen atoms in total. The zero-order valence-electron chi connectivity index (χ0n) is 8.40. The van der Waals surface area contributed by atoms with E-state index in [1.54, 1.807) is 0 Å². The van der Waals surface area contributed by atoms with Gasteiger partial charge in [-0.25, -0.2) is 0 Å². The molecule has 2 N–H and O–H groups in total. The summed E-state index contributed by atoms with van der Waals surface area (Å²) in [5.41, 5.74) is 2.52. The molecule has 1 heterocycles. The number of aliphatic hydroxyl groups is 1. The lowest BCUT2D eigenvalue weighted by molar-refractivity contribution is 0.0619. The molecule has 0 radical (unpaired) electrons. The Morgan fingerprint density at radius 1 is 1.57 bits per heavy atom. The molecule has 1 aliphatic rings. The van der Waals surface area contributed by atoms with E-state index in [9.17, 15) is 0 Å². The molecule has 0 aliphatic heterocycles. The Kier molecular flexibility index (Phi) is 2.79. The topological polar surface area (TPSA) is 45.2 Å². The Bertz CT molecular complexity index is 308. The second kappa shape index (κ2) is 4.07. The Morgan fingerprint density at radius 3 is 3.00 bits per heavy atom. The molecule has 3 heteroatoms. The number of aromatic nitrogens is 1. The molecule has 0 spiro atoms. The van der Waals surface area contributed by atoms with E-state index in [0.29, 0.717) is 6.04 Å². The molecular weight excluding hydrogens is 176 g/mol. The Morgan fingerprint density at radius 2 is 2.36 bits per heavy atom. The molecule has 1 saturated carbocycles. The Balaban J connectivity index is 1.83. The molecular formula is C11H16N2O. The zero-order valence-corrected chi connectivity index (χ0v) is 8.40. The van der Waals surface area contributed by atoms with Crippen molar-refractivity contribution in [2.45, 2.75) is 38.5 Å². The first-order valence-corrected chi connectivity index (χ1v) is 5.06. The number of nitrogens with zero attached hydrogens (tertiary/aromatic N) is 1. The van der Waals surface area contributed by atoms with Crippen molar-refractivity contribution in [3.05, 3.63) is 29.6 Å². The summed E-state index contributed by atoms with van der Waals surface area (Å²) >= 11 is 0. The van der Waals surface area contributed by atoms with E-state index in [0.717, 1.165) is 19.4 Å². The van der Waals surface area contributed by atoms with Crippen LogP contribution < -0.4 is 5.32 Å². The number of rotatable bonds is 3. The van der Waals surface area contributed by atoms with Crippen LogP contribution in [0.15, 0.2) is 18.5 Å². The number of nitrogens with one attached hydrogen (secondary N) is 1. The third-order valence-electron chi connectivity index (χ3n) is 2.84. The monoisotopic (exact) mass is 192 g/mol. The minimum Gasteiger partial charge on any atom is -0.393 e. The van der Waals surface area contributed by atoms with Crippen molar-refractivity contribution < 1.29 is 5.11 Å². The van der Waals surface area contributed by atoms with Crippen molar-refractivity contribution in [3.63, 3.8) is 0 Å². The number of aliphatic hydroxyl groups excluding tert-OH is 1. The molecule has 0 atom stereocenters. The van der Waals surface area contributed by atoms with Gasteiger partial charge in [0.1, 0.15) is 0 Å². The van der Waals surface area contributed by atoms with Gasteiger partial charge in [-0.15, -0.1) is 0 Å². The van der Waals surface area contributed by atoms with Crippen LogP contribution in [0.25, 0.3) is 0 Å². The number of pyridine rings is 1. The van der Waals surface area contributed by atoms with Gasteiger partial charge in [-0.05, 0) is 37.0 Å². The van der Waals surface area contributed by atoms with Crippen LogP contribution in [0.1, 0.15) is 24.0 Å². The van der Waals surface area contributed by atoms with E-state index in [1.807, 2.05) is 18.5 Å². The standard InChI is InChI=1S/C11H16N2O/c1-8-2-3-12-6-9(8)7-13-10-4-11(14)5-10/h2-3,6,10-11,13-14H,4-5,7H2,1H3. The average Bonchev–Trinajstić information content (AvgIpc) is 2.13. The molecule has 0 bridgehead atoms. The molecule has 0 amide bonds. The molecule has 0 aromatic carbocycles. The number of hydrogen-bond acceptors (Lipinski definition) is 3. The summed E-state index contributed by atoms with van der Waals surface area (Å²) in [6.07, 6.45) is 5.41. The van der Waals surface area contributed by atoms with Gasteiger partial charge in [0, 0.05) is 25.0 Å². The van der Waals surface area contributed by atoms with E-state index >= 15 is 0 Å². The third-order valence-corrected chi connectivity index (χ3v) is 2.84. The second-order valence-corrected chi connectivity index (χ2v) is 4.01. The smallest absolute Gasteiger partial charge is 0.0570 e. The van der Waals surface area contributed by atoms with Crippen LogP contribution in [0, 0.1) is 6.92 Å². The highest BCUT2D eigenvalue weighted by molar-refractivity contribution is 5.21. The molecule has 1 fully saturated rings. The molecule has 1 aliphatic carbocycles. The van der Waals surface area contributed by atoms with Crippen LogP contribution in [0.4, 0.5) is 0 Å². The van der Waals surface area contributed by atoms with Crippen molar-refractivity contribution in [1.82, 2.24) is 10.3 Å². The summed E-state index contributed by atoms with van der Waals surface area (Å²) in [5.74, 6) is 0. The summed E-state index contributed by atoms with van der Waals surface area (Å²) in [7, 11) is 0. The first-order valence-electron chi connectivity index (χ1n) is 5.06. The molecule has 1 aromatic rings. The van der Waals surface area contributed by atoms with Crippen molar-refractivity contribution >= 4 is 0 Å². The second-order valence-electron chi connectivity index (χ2n) is 4.01. The lowest BCUT2D eigenvalue weighted by Gasteiger charge is -2.32. The van der Waals surface area contributed by atoms with Gasteiger partial charge in [0.25, 0.3) is 0 Å². The summed E-state index contributed by atoms with van der Waals surface area (Å²) < 4.78 is 0. The van der Waals surface area contributed by atoms with Gasteiger partial charge in [0.2, 0.25) is 0 Å². The maximum atomic E-state index is 9.12. The SMILES string of the molecule is Cc1ccncc1CNC1CC(O)C1. The van der Waals surface area contributed by atoms with E-state index in [1.165, 1.54) is 11.1 Å². The highest BCUT2D eigenvalue weighted by atomic mass is 16.3. The maximum Gasteiger partial charge on any atom is 0.0570 e. The van der Waals surface area contributed by atoms with Crippen LogP contribution in [0.3, 0.4) is 0 Å². The predicted molar refractivity (Wildman–Crippen MR) is 54.8 cm³/mol. The summed E-state index contributed by atoms with van der Waals surface area (Å²) in [5, 5.41) is 12.5. The van der Waals surface area contributed by atoms with Crippen LogP contribution in [0.5, 0.6) is 0 Å². The predicted octanol–water partition coefficient (Wildman–Crippen LogP) is 1.00. The minimum atomic E-state index is -0.0810. The Labute approximate surface area is 84.2 Å². The summed E-state index contributed by atoms with van der Waals surface area (Å²) in [4.78, 5) is 4.09. The largest absolute Gasteiger partial charge is 0.393 e. The minimum absolute atomic E-state index is 0.0810. The van der Waals surface area contributed by atoms with Crippen molar-refractivity contribution in [1.29, 1.82) is 0 Å². The van der Waals surface area contributed by atoms with Crippen molar-refractivity contribution in [2.75, 3.05) is 0 Å². The maximum absolute atomic E-state index is 9.12. The van der Waals surface area contributed by atoms with Gasteiger partial charge in [-0.2, -0.15) is 0 Å². The first kappa shape index (κ1) is 9.62. The fraction of sp³-hybridized carbons (Fsp3) is 0.545. The van der Waals surface area contributed by atoms with Gasteiger partial charge in [-0.1, -0.05) is 0 Å². The highest BCUT2D eigenvalue weighted by Crippen LogP contribution is 2.19.